The molecule has 8 heteroatoms. The lowest BCUT2D eigenvalue weighted by molar-refractivity contribution is 0.0699. The molecule has 0 bridgehead atoms. The van der Waals surface area contributed by atoms with E-state index in [4.69, 9.17) is 16.6 Å². The molecule has 1 aliphatic heterocycles. The van der Waals surface area contributed by atoms with Crippen LogP contribution < -0.4 is 4.90 Å². The number of aromatic nitrogens is 4. The van der Waals surface area contributed by atoms with Gasteiger partial charge in [0.25, 0.3) is 5.91 Å². The van der Waals surface area contributed by atoms with Crippen molar-refractivity contribution in [1.82, 2.24) is 24.4 Å². The van der Waals surface area contributed by atoms with Crippen LogP contribution in [-0.2, 0) is 7.05 Å². The van der Waals surface area contributed by atoms with Crippen LogP contribution in [0.15, 0.2) is 36.9 Å². The van der Waals surface area contributed by atoms with E-state index in [1.807, 2.05) is 37.2 Å². The lowest BCUT2D eigenvalue weighted by Gasteiger charge is -2.37. The van der Waals surface area contributed by atoms with E-state index in [9.17, 15) is 4.79 Å². The molecule has 1 aromatic carbocycles. The average molecular weight is 385 g/mol. The van der Waals surface area contributed by atoms with E-state index in [-0.39, 0.29) is 11.9 Å². The summed E-state index contributed by atoms with van der Waals surface area (Å²) in [5.74, 6) is 0.875. The summed E-state index contributed by atoms with van der Waals surface area (Å²) in [6, 6.07) is 5.74. The first-order valence-electron chi connectivity index (χ1n) is 8.93. The molecule has 1 amide bonds. The van der Waals surface area contributed by atoms with Gasteiger partial charge in [0, 0.05) is 38.2 Å². The smallest absolute Gasteiger partial charge is 0.272 e. The number of amides is 1. The predicted octanol–water partition coefficient (Wildman–Crippen LogP) is 2.76. The molecule has 2 aromatic heterocycles. The highest BCUT2D eigenvalue weighted by atomic mass is 35.5. The molecular formula is C19H21ClN6O. The fraction of sp³-hybridized carbons (Fsp3) is 0.368. The van der Waals surface area contributed by atoms with E-state index < -0.39 is 0 Å². The van der Waals surface area contributed by atoms with Gasteiger partial charge in [-0.15, -0.1) is 0 Å². The van der Waals surface area contributed by atoms with E-state index in [1.54, 1.807) is 23.3 Å². The van der Waals surface area contributed by atoms with Crippen molar-refractivity contribution in [2.24, 2.45) is 7.05 Å². The Labute approximate surface area is 162 Å². The number of imidazole rings is 1. The minimum Gasteiger partial charge on any atom is -0.355 e. The Balaban J connectivity index is 1.43. The minimum absolute atomic E-state index is 0.0100. The second-order valence-corrected chi connectivity index (χ2v) is 7.32. The van der Waals surface area contributed by atoms with Gasteiger partial charge in [0.15, 0.2) is 0 Å². The third-order valence-electron chi connectivity index (χ3n) is 5.18. The molecule has 1 aliphatic rings. The van der Waals surface area contributed by atoms with E-state index in [0.29, 0.717) is 10.7 Å². The van der Waals surface area contributed by atoms with Crippen LogP contribution in [0.2, 0.25) is 5.02 Å². The zero-order valence-electron chi connectivity index (χ0n) is 15.3. The van der Waals surface area contributed by atoms with Crippen LogP contribution in [0.5, 0.6) is 0 Å². The molecule has 0 atom stereocenters. The Bertz CT molecular complexity index is 979. The van der Waals surface area contributed by atoms with Crippen molar-refractivity contribution in [3.05, 3.63) is 47.6 Å². The Kier molecular flexibility index (Phi) is 4.70. The Hall–Kier alpha value is -2.67. The average Bonchev–Trinajstić information content (AvgIpc) is 3.12. The molecule has 0 spiro atoms. The minimum atomic E-state index is 0.0100. The number of nitrogens with zero attached hydrogens (tertiary/aromatic N) is 6. The molecule has 1 saturated heterocycles. The number of fused-ring (bicyclic) bond motifs is 1. The summed E-state index contributed by atoms with van der Waals surface area (Å²) in [7, 11) is 3.71. The predicted molar refractivity (Wildman–Crippen MR) is 105 cm³/mol. The molecule has 3 aromatic rings. The van der Waals surface area contributed by atoms with Crippen molar-refractivity contribution in [1.29, 1.82) is 0 Å². The number of rotatable bonds is 3. The van der Waals surface area contributed by atoms with Crippen LogP contribution in [0.4, 0.5) is 5.82 Å². The van der Waals surface area contributed by atoms with Crippen molar-refractivity contribution in [3.8, 4) is 0 Å². The first-order valence-corrected chi connectivity index (χ1v) is 9.31. The van der Waals surface area contributed by atoms with E-state index in [0.717, 1.165) is 42.8 Å². The van der Waals surface area contributed by atoms with Gasteiger partial charge < -0.3 is 14.4 Å². The normalized spacial score (nSPS) is 15.3. The lowest BCUT2D eigenvalue weighted by atomic mass is 10.0. The van der Waals surface area contributed by atoms with Crippen LogP contribution >= 0.6 is 11.6 Å². The van der Waals surface area contributed by atoms with Crippen molar-refractivity contribution in [2.75, 3.05) is 25.0 Å². The molecule has 3 heterocycles. The molecule has 0 radical (unpaired) electrons. The molecule has 0 saturated carbocycles. The zero-order chi connectivity index (χ0) is 19.0. The topological polar surface area (TPSA) is 67.2 Å². The van der Waals surface area contributed by atoms with Crippen LogP contribution in [-0.4, -0.2) is 56.5 Å². The molecule has 0 N–H and O–H groups in total. The number of anilines is 1. The van der Waals surface area contributed by atoms with Gasteiger partial charge in [-0.1, -0.05) is 11.6 Å². The van der Waals surface area contributed by atoms with Crippen LogP contribution in [0.3, 0.4) is 0 Å². The van der Waals surface area contributed by atoms with Gasteiger partial charge in [-0.05, 0) is 31.0 Å². The third kappa shape index (κ3) is 3.47. The van der Waals surface area contributed by atoms with Crippen molar-refractivity contribution in [3.63, 3.8) is 0 Å². The monoisotopic (exact) mass is 384 g/mol. The third-order valence-corrected chi connectivity index (χ3v) is 5.42. The standard InChI is InChI=1S/C19H21ClN6O/c1-24-12-21-10-17(24)19(27)25(2)14-5-7-26(8-6-14)18-11-22-16-9-13(20)3-4-15(16)23-18/h3-4,9-12,14H,5-8H2,1-2H3. The van der Waals surface area contributed by atoms with Crippen LogP contribution in [0.1, 0.15) is 23.3 Å². The van der Waals surface area contributed by atoms with Crippen LogP contribution in [0.25, 0.3) is 11.0 Å². The first kappa shape index (κ1) is 17.7. The molecular weight excluding hydrogens is 364 g/mol. The second kappa shape index (κ2) is 7.15. The van der Waals surface area contributed by atoms with Gasteiger partial charge in [0.05, 0.1) is 29.8 Å². The van der Waals surface area contributed by atoms with Gasteiger partial charge >= 0.3 is 0 Å². The van der Waals surface area contributed by atoms with E-state index in [2.05, 4.69) is 14.9 Å². The highest BCUT2D eigenvalue weighted by Gasteiger charge is 2.27. The Morgan fingerprint density at radius 2 is 2.00 bits per heavy atom. The van der Waals surface area contributed by atoms with Crippen molar-refractivity contribution in [2.45, 2.75) is 18.9 Å². The zero-order valence-corrected chi connectivity index (χ0v) is 16.1. The highest BCUT2D eigenvalue weighted by molar-refractivity contribution is 6.31. The molecule has 140 valence electrons. The fourth-order valence-electron chi connectivity index (χ4n) is 3.52. The molecule has 27 heavy (non-hydrogen) atoms. The number of aryl methyl sites for hydroxylation is 1. The van der Waals surface area contributed by atoms with Gasteiger partial charge in [-0.25, -0.2) is 9.97 Å². The number of carbonyl (C=O) groups excluding carboxylic acids is 1. The van der Waals surface area contributed by atoms with Gasteiger partial charge in [-0.3, -0.25) is 9.78 Å². The summed E-state index contributed by atoms with van der Waals surface area (Å²) in [5.41, 5.74) is 2.24. The van der Waals surface area contributed by atoms with E-state index >= 15 is 0 Å². The fourth-order valence-corrected chi connectivity index (χ4v) is 3.68. The molecule has 4 rings (SSSR count). The maximum absolute atomic E-state index is 12.7. The number of hydrogen-bond acceptors (Lipinski definition) is 5. The van der Waals surface area contributed by atoms with Gasteiger partial charge in [0.2, 0.25) is 0 Å². The van der Waals surface area contributed by atoms with Gasteiger partial charge in [0.1, 0.15) is 11.5 Å². The molecule has 0 unspecified atom stereocenters. The van der Waals surface area contributed by atoms with Crippen molar-refractivity contribution >= 4 is 34.4 Å². The number of piperidine rings is 1. The second-order valence-electron chi connectivity index (χ2n) is 6.89. The van der Waals surface area contributed by atoms with Crippen LogP contribution in [0, 0.1) is 0 Å². The SMILES string of the molecule is CN(C(=O)c1cncn1C)C1CCN(c2cnc3cc(Cl)ccc3n2)CC1. The Morgan fingerprint density at radius 3 is 2.70 bits per heavy atom. The largest absolute Gasteiger partial charge is 0.355 e. The maximum Gasteiger partial charge on any atom is 0.272 e. The summed E-state index contributed by atoms with van der Waals surface area (Å²) in [6.45, 7) is 1.67. The number of hydrogen-bond donors (Lipinski definition) is 0. The van der Waals surface area contributed by atoms with Gasteiger partial charge in [-0.2, -0.15) is 0 Å². The lowest BCUT2D eigenvalue weighted by Crippen LogP contribution is -2.46. The summed E-state index contributed by atoms with van der Waals surface area (Å²) >= 11 is 6.01. The summed E-state index contributed by atoms with van der Waals surface area (Å²) in [4.78, 5) is 30.0. The van der Waals surface area contributed by atoms with E-state index in [1.165, 1.54) is 0 Å². The summed E-state index contributed by atoms with van der Waals surface area (Å²) < 4.78 is 1.75. The molecule has 0 aliphatic carbocycles. The summed E-state index contributed by atoms with van der Waals surface area (Å²) in [6.07, 6.45) is 6.84. The molecule has 1 fully saturated rings. The Morgan fingerprint density at radius 1 is 1.22 bits per heavy atom. The number of carbonyl (C=O) groups is 1. The first-order chi connectivity index (χ1) is 13.0. The quantitative estimate of drug-likeness (QED) is 0.694. The van der Waals surface area contributed by atoms with Crippen molar-refractivity contribution < 1.29 is 4.79 Å². The number of benzene rings is 1. The number of halogens is 1. The highest BCUT2D eigenvalue weighted by Crippen LogP contribution is 2.23. The maximum atomic E-state index is 12.7. The molecule has 7 nitrogen and oxygen atoms in total. The summed E-state index contributed by atoms with van der Waals surface area (Å²) in [5, 5.41) is 0.659.